The summed E-state index contributed by atoms with van der Waals surface area (Å²) in [5.74, 6) is -2.40. The minimum atomic E-state index is -1.23. The molecule has 0 fully saturated rings. The van der Waals surface area contributed by atoms with E-state index in [-0.39, 0.29) is 70.2 Å². The molecule has 0 radical (unpaired) electrons. The van der Waals surface area contributed by atoms with E-state index in [2.05, 4.69) is 0 Å². The second kappa shape index (κ2) is 7.69. The monoisotopic (exact) mass is 514 g/mol. The number of Topliss-reactive ketones (excluding diaryl/α,β-unsaturated/α-hetero) is 2. The molecule has 0 spiro atoms. The summed E-state index contributed by atoms with van der Waals surface area (Å²) in [5.41, 5.74) is -1.10. The van der Waals surface area contributed by atoms with Crippen molar-refractivity contribution in [3.05, 3.63) is 58.7 Å². The Morgan fingerprint density at radius 3 is 1.32 bits per heavy atom. The topological polar surface area (TPSA) is 156 Å². The number of phenolic OH excluding ortho intramolecular Hbond substituents is 4. The van der Waals surface area contributed by atoms with E-state index in [1.165, 1.54) is 0 Å². The van der Waals surface area contributed by atoms with Crippen LogP contribution in [-0.2, 0) is 12.8 Å². The Balaban J connectivity index is 1.57. The molecule has 0 amide bonds. The van der Waals surface area contributed by atoms with E-state index in [0.29, 0.717) is 21.9 Å². The summed E-state index contributed by atoms with van der Waals surface area (Å²) < 4.78 is 0. The third-order valence-electron chi connectivity index (χ3n) is 7.74. The Morgan fingerprint density at radius 1 is 0.579 bits per heavy atom. The third-order valence-corrected chi connectivity index (χ3v) is 7.74. The van der Waals surface area contributed by atoms with Crippen LogP contribution >= 0.6 is 0 Å². The molecule has 2 unspecified atom stereocenters. The van der Waals surface area contributed by atoms with Gasteiger partial charge in [0.2, 0.25) is 0 Å². The van der Waals surface area contributed by atoms with Crippen LogP contribution in [0.2, 0.25) is 0 Å². The molecule has 0 bridgehead atoms. The van der Waals surface area contributed by atoms with E-state index in [1.54, 1.807) is 50.2 Å². The van der Waals surface area contributed by atoms with Crippen molar-refractivity contribution in [3.8, 4) is 34.1 Å². The molecule has 0 aromatic heterocycles. The molecule has 4 aromatic rings. The van der Waals surface area contributed by atoms with Gasteiger partial charge in [-0.2, -0.15) is 0 Å². The normalized spacial score (nSPS) is 23.1. The quantitative estimate of drug-likeness (QED) is 0.220. The van der Waals surface area contributed by atoms with Crippen LogP contribution in [0, 0.1) is 0 Å². The number of phenols is 4. The van der Waals surface area contributed by atoms with Gasteiger partial charge in [0.1, 0.15) is 23.0 Å². The molecule has 0 aliphatic heterocycles. The van der Waals surface area contributed by atoms with Crippen molar-refractivity contribution in [1.82, 2.24) is 0 Å². The summed E-state index contributed by atoms with van der Waals surface area (Å²) in [6.45, 7) is 3.11. The maximum absolute atomic E-state index is 12.7. The van der Waals surface area contributed by atoms with Gasteiger partial charge in [0, 0.05) is 36.8 Å². The van der Waals surface area contributed by atoms with Crippen LogP contribution in [-0.4, -0.2) is 53.4 Å². The van der Waals surface area contributed by atoms with E-state index >= 15 is 0 Å². The summed E-state index contributed by atoms with van der Waals surface area (Å²) in [4.78, 5) is 25.5. The van der Waals surface area contributed by atoms with Crippen LogP contribution in [0.4, 0.5) is 0 Å². The summed E-state index contributed by atoms with van der Waals surface area (Å²) >= 11 is 0. The Kier molecular flexibility index (Phi) is 4.90. The molecular formula is C30H26O8. The second-order valence-electron chi connectivity index (χ2n) is 11.2. The first-order valence-corrected chi connectivity index (χ1v) is 12.3. The van der Waals surface area contributed by atoms with Gasteiger partial charge in [-0.1, -0.05) is 12.1 Å². The van der Waals surface area contributed by atoms with Crippen molar-refractivity contribution < 1.29 is 40.2 Å². The number of rotatable bonds is 1. The van der Waals surface area contributed by atoms with Gasteiger partial charge >= 0.3 is 0 Å². The Labute approximate surface area is 217 Å². The maximum Gasteiger partial charge on any atom is 0.169 e. The Morgan fingerprint density at radius 2 is 0.947 bits per heavy atom. The number of benzene rings is 4. The zero-order valence-corrected chi connectivity index (χ0v) is 20.8. The number of fused-ring (bicyclic) bond motifs is 4. The zero-order valence-electron chi connectivity index (χ0n) is 20.8. The Bertz CT molecular complexity index is 1620. The van der Waals surface area contributed by atoms with Gasteiger partial charge in [-0.25, -0.2) is 0 Å². The first kappa shape index (κ1) is 24.2. The first-order valence-electron chi connectivity index (χ1n) is 12.3. The van der Waals surface area contributed by atoms with Crippen LogP contribution in [0.3, 0.4) is 0 Å². The van der Waals surface area contributed by atoms with Crippen molar-refractivity contribution in [2.45, 2.75) is 50.7 Å². The lowest BCUT2D eigenvalue weighted by Gasteiger charge is -2.30. The smallest absolute Gasteiger partial charge is 0.169 e. The minimum absolute atomic E-state index is 0.0303. The highest BCUT2D eigenvalue weighted by atomic mass is 16.3. The fourth-order valence-corrected chi connectivity index (χ4v) is 6.18. The first-order chi connectivity index (χ1) is 17.8. The van der Waals surface area contributed by atoms with Gasteiger partial charge in [-0.05, 0) is 60.0 Å². The molecule has 38 heavy (non-hydrogen) atoms. The van der Waals surface area contributed by atoms with Gasteiger partial charge in [0.25, 0.3) is 0 Å². The Hall–Kier alpha value is -4.14. The number of aromatic hydroxyl groups is 4. The van der Waals surface area contributed by atoms with Crippen molar-refractivity contribution in [3.63, 3.8) is 0 Å². The van der Waals surface area contributed by atoms with E-state index in [9.17, 15) is 40.2 Å². The summed E-state index contributed by atoms with van der Waals surface area (Å²) in [6.07, 6.45) is 0.0120. The van der Waals surface area contributed by atoms with Gasteiger partial charge in [0.15, 0.2) is 11.6 Å². The number of carbonyl (C=O) groups excluding carboxylic acids is 2. The lowest BCUT2D eigenvalue weighted by molar-refractivity contribution is 0.0396. The predicted molar refractivity (Wildman–Crippen MR) is 140 cm³/mol. The minimum Gasteiger partial charge on any atom is -0.507 e. The summed E-state index contributed by atoms with van der Waals surface area (Å²) in [7, 11) is 0. The van der Waals surface area contributed by atoms with E-state index in [1.807, 2.05) is 0 Å². The lowest BCUT2D eigenvalue weighted by atomic mass is 9.78. The average molecular weight is 515 g/mol. The number of aliphatic hydroxyl groups is 2. The van der Waals surface area contributed by atoms with Crippen molar-refractivity contribution in [1.29, 1.82) is 0 Å². The molecule has 6 rings (SSSR count). The largest absolute Gasteiger partial charge is 0.507 e. The molecule has 6 N–H and O–H groups in total. The molecule has 0 saturated carbocycles. The molecule has 8 nitrogen and oxygen atoms in total. The van der Waals surface area contributed by atoms with Crippen molar-refractivity contribution in [2.24, 2.45) is 0 Å². The molecule has 2 aliphatic rings. The molecule has 4 aromatic carbocycles. The number of carbonyl (C=O) groups is 2. The fraction of sp³-hybridized carbons (Fsp3) is 0.267. The molecule has 8 heteroatoms. The maximum atomic E-state index is 12.7. The van der Waals surface area contributed by atoms with Crippen LogP contribution in [0.1, 0.15) is 58.5 Å². The SMILES string of the molecule is CC1(O)CC(=O)c2c(cc3ccc(-c4ccc5cc6c(c(O)c5c4O)C(=O)CC(C)(O)C6)c(O)c3c2O)C1. The molecule has 2 aliphatic carbocycles. The van der Waals surface area contributed by atoms with Crippen LogP contribution in [0.15, 0.2) is 36.4 Å². The van der Waals surface area contributed by atoms with E-state index < -0.39 is 34.3 Å². The highest BCUT2D eigenvalue weighted by Gasteiger charge is 2.37. The van der Waals surface area contributed by atoms with E-state index in [0.717, 1.165) is 0 Å². The number of ketones is 2. The summed E-state index contributed by atoms with van der Waals surface area (Å²) in [5, 5.41) is 66.4. The fourth-order valence-electron chi connectivity index (χ4n) is 6.18. The highest BCUT2D eigenvalue weighted by molar-refractivity contribution is 6.13. The zero-order chi connectivity index (χ0) is 27.3. The highest BCUT2D eigenvalue weighted by Crippen LogP contribution is 2.50. The third kappa shape index (κ3) is 3.44. The molecule has 2 atom stereocenters. The molecule has 0 heterocycles. The number of hydrogen-bond donors (Lipinski definition) is 6. The van der Waals surface area contributed by atoms with Gasteiger partial charge in [-0.15, -0.1) is 0 Å². The predicted octanol–water partition coefficient (Wildman–Crippen LogP) is 4.24. The summed E-state index contributed by atoms with van der Waals surface area (Å²) in [6, 6.07) is 9.65. The van der Waals surface area contributed by atoms with Crippen LogP contribution in [0.25, 0.3) is 32.7 Å². The van der Waals surface area contributed by atoms with Crippen LogP contribution in [0.5, 0.6) is 23.0 Å². The average Bonchev–Trinajstić information content (AvgIpc) is 2.77. The lowest BCUT2D eigenvalue weighted by Crippen LogP contribution is -2.35. The molecular weight excluding hydrogens is 488 g/mol. The molecule has 194 valence electrons. The van der Waals surface area contributed by atoms with Crippen molar-refractivity contribution >= 4 is 33.1 Å². The van der Waals surface area contributed by atoms with Crippen LogP contribution < -0.4 is 0 Å². The van der Waals surface area contributed by atoms with Gasteiger partial charge in [0.05, 0.1) is 33.1 Å². The van der Waals surface area contributed by atoms with E-state index in [4.69, 9.17) is 0 Å². The van der Waals surface area contributed by atoms with Gasteiger partial charge in [-0.3, -0.25) is 9.59 Å². The molecule has 0 saturated heterocycles. The standard InChI is InChI=1S/C30H26O8/c1-29(37)9-15-7-13-3-5-17(25(33)23(13)27(35)21(15)19(31)11-29)18-6-4-14-8-16-10-30(2,38)12-20(32)22(16)28(36)24(14)26(18)34/h3-8,33-38H,9-12H2,1-2H3. The number of hydrogen-bond acceptors (Lipinski definition) is 8. The second-order valence-corrected chi connectivity index (χ2v) is 11.2. The van der Waals surface area contributed by atoms with Crippen molar-refractivity contribution in [2.75, 3.05) is 0 Å². The van der Waals surface area contributed by atoms with Gasteiger partial charge < -0.3 is 30.6 Å².